The predicted octanol–water partition coefficient (Wildman–Crippen LogP) is 5.15. The molecule has 1 aromatic heterocycles. The highest BCUT2D eigenvalue weighted by Gasteiger charge is 2.31. The van der Waals surface area contributed by atoms with E-state index in [2.05, 4.69) is 4.98 Å². The zero-order valence-corrected chi connectivity index (χ0v) is 13.8. The second kappa shape index (κ2) is 6.29. The van der Waals surface area contributed by atoms with Crippen LogP contribution in [0.5, 0.6) is 5.75 Å². The summed E-state index contributed by atoms with van der Waals surface area (Å²) in [7, 11) is 1.31. The Morgan fingerprint density at radius 2 is 1.92 bits per heavy atom. The normalized spacial score (nSPS) is 11.6. The second-order valence-electron chi connectivity index (χ2n) is 5.66. The highest BCUT2D eigenvalue weighted by molar-refractivity contribution is 6.04. The van der Waals surface area contributed by atoms with Crippen LogP contribution in [0.15, 0.2) is 42.6 Å². The number of nitrogens with zero attached hydrogens (tertiary/aromatic N) is 2. The molecular weight excluding hydrogens is 349 g/mol. The van der Waals surface area contributed by atoms with Crippen molar-refractivity contribution in [2.75, 3.05) is 7.11 Å². The molecule has 0 amide bonds. The first kappa shape index (κ1) is 17.7. The molecule has 0 spiro atoms. The fraction of sp³-hybridized carbons (Fsp3) is 0.167. The summed E-state index contributed by atoms with van der Waals surface area (Å²) in [4.78, 5) is 14.9. The molecule has 0 N–H and O–H groups in total. The quantitative estimate of drug-likeness (QED) is 0.478. The van der Waals surface area contributed by atoms with Crippen molar-refractivity contribution in [2.24, 2.45) is 0 Å². The van der Waals surface area contributed by atoms with Crippen LogP contribution in [-0.4, -0.2) is 17.0 Å². The Morgan fingerprint density at radius 3 is 2.54 bits per heavy atom. The van der Waals surface area contributed by atoms with Gasteiger partial charge in [0, 0.05) is 17.1 Å². The summed E-state index contributed by atoms with van der Waals surface area (Å²) in [5.41, 5.74) is 0.242. The Balaban J connectivity index is 2.44. The molecule has 0 saturated carbocycles. The summed E-state index contributed by atoms with van der Waals surface area (Å²) in [6, 6.07) is 7.58. The van der Waals surface area contributed by atoms with E-state index in [1.54, 1.807) is 13.0 Å². The van der Waals surface area contributed by atoms with Gasteiger partial charge in [-0.2, -0.15) is 13.2 Å². The number of non-ortho nitro benzene ring substituents is 1. The summed E-state index contributed by atoms with van der Waals surface area (Å²) >= 11 is 0. The molecule has 3 rings (SSSR count). The van der Waals surface area contributed by atoms with Gasteiger partial charge in [-0.05, 0) is 36.2 Å². The van der Waals surface area contributed by atoms with Gasteiger partial charge in [0.2, 0.25) is 0 Å². The van der Waals surface area contributed by atoms with Crippen molar-refractivity contribution < 1.29 is 22.8 Å². The molecule has 0 atom stereocenters. The average Bonchev–Trinajstić information content (AvgIpc) is 2.60. The summed E-state index contributed by atoms with van der Waals surface area (Å²) in [5.74, 6) is 0.111. The van der Waals surface area contributed by atoms with Crippen LogP contribution in [-0.2, 0) is 6.18 Å². The molecule has 3 aromatic rings. The van der Waals surface area contributed by atoms with Crippen molar-refractivity contribution in [1.29, 1.82) is 0 Å². The molecule has 0 aliphatic heterocycles. The number of rotatable bonds is 3. The summed E-state index contributed by atoms with van der Waals surface area (Å²) in [6.45, 7) is 1.71. The minimum atomic E-state index is -4.51. The van der Waals surface area contributed by atoms with Crippen molar-refractivity contribution in [2.45, 2.75) is 13.1 Å². The third-order valence-corrected chi connectivity index (χ3v) is 4.06. The largest absolute Gasteiger partial charge is 0.496 e. The topological polar surface area (TPSA) is 65.3 Å². The number of pyridine rings is 1. The number of ether oxygens (including phenoxy) is 1. The van der Waals surface area contributed by atoms with E-state index in [-0.39, 0.29) is 22.5 Å². The zero-order valence-electron chi connectivity index (χ0n) is 13.8. The Morgan fingerprint density at radius 1 is 1.19 bits per heavy atom. The molecule has 0 bridgehead atoms. The first-order chi connectivity index (χ1) is 12.2. The molecular formula is C18H13F3N2O3. The predicted molar refractivity (Wildman–Crippen MR) is 90.1 cm³/mol. The van der Waals surface area contributed by atoms with Crippen LogP contribution in [0, 0.1) is 17.0 Å². The van der Waals surface area contributed by atoms with Gasteiger partial charge in [-0.25, -0.2) is 4.98 Å². The standard InChI is InChI=1S/C18H13F3N2O3/c1-10-6-7-22-17-13(23(24)25)9-14(26-2)16(15(10)17)11-4-3-5-12(8-11)18(19,20)21/h3-9H,1-2H3. The van der Waals surface area contributed by atoms with Gasteiger partial charge in [-0.15, -0.1) is 0 Å². The van der Waals surface area contributed by atoms with Crippen molar-refractivity contribution in [3.63, 3.8) is 0 Å². The molecule has 134 valence electrons. The molecule has 0 radical (unpaired) electrons. The van der Waals surface area contributed by atoms with E-state index in [1.165, 1.54) is 31.5 Å². The Bertz CT molecular complexity index is 1020. The highest BCUT2D eigenvalue weighted by Crippen LogP contribution is 2.43. The van der Waals surface area contributed by atoms with Crippen LogP contribution >= 0.6 is 0 Å². The molecule has 0 aliphatic rings. The molecule has 1 heterocycles. The van der Waals surface area contributed by atoms with E-state index in [0.717, 1.165) is 12.1 Å². The molecule has 2 aromatic carbocycles. The van der Waals surface area contributed by atoms with Gasteiger partial charge in [-0.1, -0.05) is 12.1 Å². The van der Waals surface area contributed by atoms with Gasteiger partial charge in [0.15, 0.2) is 0 Å². The van der Waals surface area contributed by atoms with Crippen LogP contribution in [0.2, 0.25) is 0 Å². The monoisotopic (exact) mass is 362 g/mol. The lowest BCUT2D eigenvalue weighted by molar-refractivity contribution is -0.383. The number of fused-ring (bicyclic) bond motifs is 1. The van der Waals surface area contributed by atoms with E-state index >= 15 is 0 Å². The van der Waals surface area contributed by atoms with Gasteiger partial charge < -0.3 is 4.74 Å². The number of alkyl halides is 3. The number of hydrogen-bond donors (Lipinski definition) is 0. The van der Waals surface area contributed by atoms with E-state index in [1.807, 2.05) is 0 Å². The zero-order chi connectivity index (χ0) is 19.1. The maximum Gasteiger partial charge on any atom is 0.416 e. The summed E-state index contributed by atoms with van der Waals surface area (Å²) in [6.07, 6.45) is -3.08. The number of aryl methyl sites for hydroxylation is 1. The minimum Gasteiger partial charge on any atom is -0.496 e. The molecule has 0 fully saturated rings. The molecule has 0 unspecified atom stereocenters. The Hall–Kier alpha value is -3.16. The molecule has 0 saturated heterocycles. The van der Waals surface area contributed by atoms with Gasteiger partial charge >= 0.3 is 6.18 Å². The second-order valence-corrected chi connectivity index (χ2v) is 5.66. The van der Waals surface area contributed by atoms with Crippen LogP contribution in [0.25, 0.3) is 22.0 Å². The number of nitro groups is 1. The van der Waals surface area contributed by atoms with E-state index < -0.39 is 16.7 Å². The Labute approximate surface area is 146 Å². The lowest BCUT2D eigenvalue weighted by Gasteiger charge is -2.15. The Kier molecular flexibility index (Phi) is 4.27. The smallest absolute Gasteiger partial charge is 0.416 e. The van der Waals surface area contributed by atoms with Crippen LogP contribution in [0.1, 0.15) is 11.1 Å². The lowest BCUT2D eigenvalue weighted by Crippen LogP contribution is -2.05. The van der Waals surface area contributed by atoms with E-state index in [4.69, 9.17) is 4.74 Å². The third-order valence-electron chi connectivity index (χ3n) is 4.06. The van der Waals surface area contributed by atoms with Gasteiger partial charge in [0.1, 0.15) is 11.3 Å². The summed E-state index contributed by atoms with van der Waals surface area (Å²) in [5, 5.41) is 11.8. The molecule has 5 nitrogen and oxygen atoms in total. The maximum atomic E-state index is 13.1. The first-order valence-corrected chi connectivity index (χ1v) is 7.52. The maximum absolute atomic E-state index is 13.1. The summed E-state index contributed by atoms with van der Waals surface area (Å²) < 4.78 is 44.6. The van der Waals surface area contributed by atoms with Gasteiger partial charge in [-0.3, -0.25) is 10.1 Å². The number of nitro benzene ring substituents is 1. The molecule has 0 aliphatic carbocycles. The first-order valence-electron chi connectivity index (χ1n) is 7.52. The average molecular weight is 362 g/mol. The van der Waals surface area contributed by atoms with Crippen LogP contribution < -0.4 is 4.74 Å². The minimum absolute atomic E-state index is 0.100. The number of halogens is 3. The fourth-order valence-electron chi connectivity index (χ4n) is 2.89. The number of hydrogen-bond acceptors (Lipinski definition) is 4. The number of aromatic nitrogens is 1. The third kappa shape index (κ3) is 2.94. The van der Waals surface area contributed by atoms with Crippen molar-refractivity contribution in [3.8, 4) is 16.9 Å². The van der Waals surface area contributed by atoms with Gasteiger partial charge in [0.05, 0.1) is 23.7 Å². The molecule has 8 heteroatoms. The lowest BCUT2D eigenvalue weighted by atomic mass is 9.94. The van der Waals surface area contributed by atoms with Crippen LogP contribution in [0.4, 0.5) is 18.9 Å². The van der Waals surface area contributed by atoms with Crippen LogP contribution in [0.3, 0.4) is 0 Å². The van der Waals surface area contributed by atoms with E-state index in [0.29, 0.717) is 16.5 Å². The van der Waals surface area contributed by atoms with Crippen molar-refractivity contribution >= 4 is 16.6 Å². The van der Waals surface area contributed by atoms with Gasteiger partial charge in [0.25, 0.3) is 5.69 Å². The van der Waals surface area contributed by atoms with Crippen molar-refractivity contribution in [1.82, 2.24) is 4.98 Å². The SMILES string of the molecule is COc1cc([N+](=O)[O-])c2nccc(C)c2c1-c1cccc(C(F)(F)F)c1. The number of methoxy groups -OCH3 is 1. The fourth-order valence-corrected chi connectivity index (χ4v) is 2.89. The van der Waals surface area contributed by atoms with E-state index in [9.17, 15) is 23.3 Å². The highest BCUT2D eigenvalue weighted by atomic mass is 19.4. The molecule has 26 heavy (non-hydrogen) atoms. The van der Waals surface area contributed by atoms with Crippen molar-refractivity contribution in [3.05, 3.63) is 63.8 Å². The number of benzene rings is 2.